The zero-order chi connectivity index (χ0) is 17.1. The van der Waals surface area contributed by atoms with Crippen molar-refractivity contribution < 1.29 is 9.59 Å². The molecule has 5 heteroatoms. The van der Waals surface area contributed by atoms with Crippen molar-refractivity contribution in [3.63, 3.8) is 0 Å². The van der Waals surface area contributed by atoms with Gasteiger partial charge in [-0.3, -0.25) is 14.5 Å². The highest BCUT2D eigenvalue weighted by Gasteiger charge is 2.40. The number of carbonyl (C=O) groups is 2. The number of amides is 2. The van der Waals surface area contributed by atoms with Crippen LogP contribution < -0.4 is 0 Å². The molecule has 2 amide bonds. The first-order chi connectivity index (χ1) is 11.7. The van der Waals surface area contributed by atoms with E-state index < -0.39 is 0 Å². The largest absolute Gasteiger partial charge is 0.337 e. The lowest BCUT2D eigenvalue weighted by atomic mass is 10.0. The number of rotatable bonds is 6. The first kappa shape index (κ1) is 17.0. The van der Waals surface area contributed by atoms with Crippen molar-refractivity contribution in [3.8, 4) is 0 Å². The lowest BCUT2D eigenvalue weighted by molar-refractivity contribution is -0.135. The highest BCUT2D eigenvalue weighted by Crippen LogP contribution is 2.35. The SMILES string of the molecule is CCCN(CCC)CC(=O)N1CCN2C(=O)c3ccccc3C2C1. The summed E-state index contributed by atoms with van der Waals surface area (Å²) in [6.07, 6.45) is 2.12. The van der Waals surface area contributed by atoms with Gasteiger partial charge in [-0.05, 0) is 37.6 Å². The maximum Gasteiger partial charge on any atom is 0.254 e. The summed E-state index contributed by atoms with van der Waals surface area (Å²) in [5.74, 6) is 0.301. The van der Waals surface area contributed by atoms with Crippen molar-refractivity contribution in [1.29, 1.82) is 0 Å². The molecule has 1 saturated heterocycles. The van der Waals surface area contributed by atoms with Crippen molar-refractivity contribution >= 4 is 11.8 Å². The van der Waals surface area contributed by atoms with Crippen LogP contribution in [0.4, 0.5) is 0 Å². The third-order valence-corrected chi connectivity index (χ3v) is 4.98. The summed E-state index contributed by atoms with van der Waals surface area (Å²) in [7, 11) is 0. The summed E-state index contributed by atoms with van der Waals surface area (Å²) >= 11 is 0. The highest BCUT2D eigenvalue weighted by atomic mass is 16.2. The van der Waals surface area contributed by atoms with E-state index in [9.17, 15) is 9.59 Å². The molecule has 130 valence electrons. The molecule has 2 aliphatic rings. The number of fused-ring (bicyclic) bond motifs is 3. The van der Waals surface area contributed by atoms with E-state index in [1.54, 1.807) is 0 Å². The van der Waals surface area contributed by atoms with Gasteiger partial charge in [-0.25, -0.2) is 0 Å². The molecule has 1 fully saturated rings. The van der Waals surface area contributed by atoms with E-state index in [2.05, 4.69) is 18.7 Å². The van der Waals surface area contributed by atoms with E-state index in [0.29, 0.717) is 26.2 Å². The van der Waals surface area contributed by atoms with Crippen LogP contribution in [0.25, 0.3) is 0 Å². The molecular formula is C19H27N3O2. The molecule has 0 radical (unpaired) electrons. The molecule has 0 bridgehead atoms. The molecule has 1 aromatic rings. The minimum absolute atomic E-state index is 0.0252. The van der Waals surface area contributed by atoms with E-state index in [4.69, 9.17) is 0 Å². The van der Waals surface area contributed by atoms with E-state index >= 15 is 0 Å². The Morgan fingerprint density at radius 1 is 1.17 bits per heavy atom. The van der Waals surface area contributed by atoms with Crippen LogP contribution in [0.15, 0.2) is 24.3 Å². The molecule has 0 aromatic heterocycles. The van der Waals surface area contributed by atoms with Gasteiger partial charge in [0.25, 0.3) is 5.91 Å². The second-order valence-corrected chi connectivity index (χ2v) is 6.72. The minimum atomic E-state index is 0.0252. The summed E-state index contributed by atoms with van der Waals surface area (Å²) < 4.78 is 0. The molecule has 1 unspecified atom stereocenters. The summed E-state index contributed by atoms with van der Waals surface area (Å²) in [6.45, 7) is 8.60. The van der Waals surface area contributed by atoms with Crippen LogP contribution in [0.5, 0.6) is 0 Å². The number of piperazine rings is 1. The second-order valence-electron chi connectivity index (χ2n) is 6.72. The quantitative estimate of drug-likeness (QED) is 0.803. The Hall–Kier alpha value is -1.88. The fourth-order valence-corrected chi connectivity index (χ4v) is 3.85. The van der Waals surface area contributed by atoms with Gasteiger partial charge >= 0.3 is 0 Å². The van der Waals surface area contributed by atoms with Gasteiger partial charge in [0.1, 0.15) is 0 Å². The first-order valence-electron chi connectivity index (χ1n) is 9.05. The molecule has 0 saturated carbocycles. The average Bonchev–Trinajstić information content (AvgIpc) is 2.88. The van der Waals surface area contributed by atoms with Crippen LogP contribution in [0.1, 0.15) is 48.7 Å². The van der Waals surface area contributed by atoms with Crippen molar-refractivity contribution in [2.45, 2.75) is 32.7 Å². The van der Waals surface area contributed by atoms with Crippen LogP contribution in [-0.2, 0) is 4.79 Å². The van der Waals surface area contributed by atoms with Gasteiger partial charge in [-0.15, -0.1) is 0 Å². The van der Waals surface area contributed by atoms with Crippen LogP contribution in [0.3, 0.4) is 0 Å². The van der Waals surface area contributed by atoms with Crippen LogP contribution in [0.2, 0.25) is 0 Å². The van der Waals surface area contributed by atoms with Gasteiger partial charge in [0, 0.05) is 25.2 Å². The fourth-order valence-electron chi connectivity index (χ4n) is 3.85. The molecule has 3 rings (SSSR count). The molecule has 24 heavy (non-hydrogen) atoms. The van der Waals surface area contributed by atoms with Gasteiger partial charge in [0.05, 0.1) is 12.6 Å². The molecule has 2 heterocycles. The zero-order valence-corrected chi connectivity index (χ0v) is 14.7. The minimum Gasteiger partial charge on any atom is -0.337 e. The molecule has 0 aliphatic carbocycles. The van der Waals surface area contributed by atoms with Crippen molar-refractivity contribution in [2.75, 3.05) is 39.3 Å². The average molecular weight is 329 g/mol. The van der Waals surface area contributed by atoms with Crippen LogP contribution in [0, 0.1) is 0 Å². The standard InChI is InChI=1S/C19H27N3O2/c1-3-9-20(10-4-2)14-18(23)21-11-12-22-17(13-21)15-7-5-6-8-16(15)19(22)24/h5-8,17H,3-4,9-14H2,1-2H3. The summed E-state index contributed by atoms with van der Waals surface area (Å²) in [4.78, 5) is 31.3. The van der Waals surface area contributed by atoms with E-state index in [1.165, 1.54) is 0 Å². The van der Waals surface area contributed by atoms with Gasteiger partial charge < -0.3 is 9.80 Å². The van der Waals surface area contributed by atoms with Crippen LogP contribution >= 0.6 is 0 Å². The third kappa shape index (κ3) is 3.18. The van der Waals surface area contributed by atoms with Crippen molar-refractivity contribution in [1.82, 2.24) is 14.7 Å². The molecule has 1 atom stereocenters. The number of hydrogen-bond donors (Lipinski definition) is 0. The second kappa shape index (κ2) is 7.34. The maximum atomic E-state index is 12.7. The molecule has 1 aromatic carbocycles. The topological polar surface area (TPSA) is 43.9 Å². The Morgan fingerprint density at radius 3 is 2.58 bits per heavy atom. The fraction of sp³-hybridized carbons (Fsp3) is 0.579. The predicted octanol–water partition coefficient (Wildman–Crippen LogP) is 2.15. The lowest BCUT2D eigenvalue weighted by Gasteiger charge is -2.38. The monoisotopic (exact) mass is 329 g/mol. The number of benzene rings is 1. The Kier molecular flexibility index (Phi) is 5.19. The zero-order valence-electron chi connectivity index (χ0n) is 14.7. The summed E-state index contributed by atoms with van der Waals surface area (Å²) in [6, 6.07) is 7.82. The Bertz CT molecular complexity index is 610. The van der Waals surface area contributed by atoms with Gasteiger partial charge in [0.15, 0.2) is 0 Å². The number of hydrogen-bond acceptors (Lipinski definition) is 3. The Balaban J connectivity index is 1.68. The lowest BCUT2D eigenvalue weighted by Crippen LogP contribution is -2.52. The van der Waals surface area contributed by atoms with Crippen molar-refractivity contribution in [2.24, 2.45) is 0 Å². The van der Waals surface area contributed by atoms with E-state index in [0.717, 1.165) is 37.1 Å². The number of carbonyl (C=O) groups excluding carboxylic acids is 2. The summed E-state index contributed by atoms with van der Waals surface area (Å²) in [5, 5.41) is 0. The normalized spacial score (nSPS) is 19.6. The highest BCUT2D eigenvalue weighted by molar-refractivity contribution is 5.99. The van der Waals surface area contributed by atoms with Gasteiger partial charge in [-0.2, -0.15) is 0 Å². The molecule has 2 aliphatic heterocycles. The van der Waals surface area contributed by atoms with Gasteiger partial charge in [-0.1, -0.05) is 32.0 Å². The van der Waals surface area contributed by atoms with Crippen LogP contribution in [-0.4, -0.2) is 65.8 Å². The Morgan fingerprint density at radius 2 is 1.88 bits per heavy atom. The third-order valence-electron chi connectivity index (χ3n) is 4.98. The van der Waals surface area contributed by atoms with Gasteiger partial charge in [0.2, 0.25) is 5.91 Å². The maximum absolute atomic E-state index is 12.7. The Labute approximate surface area is 144 Å². The first-order valence-corrected chi connectivity index (χ1v) is 9.05. The van der Waals surface area contributed by atoms with Crippen molar-refractivity contribution in [3.05, 3.63) is 35.4 Å². The summed E-state index contributed by atoms with van der Waals surface area (Å²) in [5.41, 5.74) is 1.87. The van der Waals surface area contributed by atoms with E-state index in [-0.39, 0.29) is 17.9 Å². The smallest absolute Gasteiger partial charge is 0.254 e. The van der Waals surface area contributed by atoms with E-state index in [1.807, 2.05) is 34.1 Å². The molecule has 5 nitrogen and oxygen atoms in total. The molecular weight excluding hydrogens is 302 g/mol. The molecule has 0 N–H and O–H groups in total. The molecule has 0 spiro atoms. The number of nitrogens with zero attached hydrogens (tertiary/aromatic N) is 3. The predicted molar refractivity (Wildman–Crippen MR) is 93.8 cm³/mol.